The quantitative estimate of drug-likeness (QED) is 0.627. The Labute approximate surface area is 127 Å². The van der Waals surface area contributed by atoms with Crippen LogP contribution in [0.25, 0.3) is 0 Å². The third-order valence-electron chi connectivity index (χ3n) is 3.55. The normalized spacial score (nSPS) is 22.8. The van der Waals surface area contributed by atoms with Crippen LogP contribution in [0.15, 0.2) is 23.1 Å². The Morgan fingerprint density at radius 2 is 2.05 bits per heavy atom. The van der Waals surface area contributed by atoms with Crippen molar-refractivity contribution in [2.45, 2.75) is 43.6 Å². The van der Waals surface area contributed by atoms with Gasteiger partial charge in [-0.2, -0.15) is 0 Å². The molecule has 116 valence electrons. The Balaban J connectivity index is 2.17. The van der Waals surface area contributed by atoms with E-state index in [-0.39, 0.29) is 11.7 Å². The summed E-state index contributed by atoms with van der Waals surface area (Å²) in [4.78, 5) is 11.6. The summed E-state index contributed by atoms with van der Waals surface area (Å²) in [6.45, 7) is 2.08. The van der Waals surface area contributed by atoms with Gasteiger partial charge in [-0.05, 0) is 43.4 Å². The van der Waals surface area contributed by atoms with Crippen LogP contribution >= 0.6 is 10.7 Å². The summed E-state index contributed by atoms with van der Waals surface area (Å²) in [5.74, 6) is -1.10. The molecular formula is C14H16ClFO4S. The number of hydrogen-bond acceptors (Lipinski definition) is 4. The number of benzene rings is 1. The Bertz CT molecular complexity index is 644. The molecule has 1 aromatic carbocycles. The highest BCUT2D eigenvalue weighted by Gasteiger charge is 2.24. The van der Waals surface area contributed by atoms with E-state index in [4.69, 9.17) is 15.4 Å². The van der Waals surface area contributed by atoms with Crippen LogP contribution in [0.2, 0.25) is 0 Å². The van der Waals surface area contributed by atoms with Gasteiger partial charge in [-0.1, -0.05) is 13.3 Å². The summed E-state index contributed by atoms with van der Waals surface area (Å²) in [5.41, 5.74) is -0.146. The van der Waals surface area contributed by atoms with Gasteiger partial charge in [0.25, 0.3) is 9.05 Å². The third-order valence-corrected chi connectivity index (χ3v) is 4.88. The van der Waals surface area contributed by atoms with E-state index < -0.39 is 25.7 Å². The van der Waals surface area contributed by atoms with Crippen LogP contribution in [0.3, 0.4) is 0 Å². The van der Waals surface area contributed by atoms with E-state index >= 15 is 0 Å². The summed E-state index contributed by atoms with van der Waals surface area (Å²) in [6, 6.07) is 2.74. The van der Waals surface area contributed by atoms with Gasteiger partial charge in [-0.15, -0.1) is 0 Å². The van der Waals surface area contributed by atoms with Gasteiger partial charge in [0.05, 0.1) is 10.5 Å². The molecule has 1 fully saturated rings. The Morgan fingerprint density at radius 3 is 2.67 bits per heavy atom. The third kappa shape index (κ3) is 4.41. The summed E-state index contributed by atoms with van der Waals surface area (Å²) in [5, 5.41) is 0. The van der Waals surface area contributed by atoms with E-state index in [1.807, 2.05) is 0 Å². The van der Waals surface area contributed by atoms with Crippen molar-refractivity contribution >= 4 is 25.7 Å². The first-order valence-corrected chi connectivity index (χ1v) is 9.03. The van der Waals surface area contributed by atoms with Crippen molar-refractivity contribution in [1.82, 2.24) is 0 Å². The largest absolute Gasteiger partial charge is 0.459 e. The molecule has 7 heteroatoms. The Morgan fingerprint density at radius 1 is 1.33 bits per heavy atom. The minimum absolute atomic E-state index is 0.146. The highest BCUT2D eigenvalue weighted by Crippen LogP contribution is 2.27. The number of hydrogen-bond donors (Lipinski definition) is 0. The Kier molecular flexibility index (Phi) is 4.88. The molecular weight excluding hydrogens is 319 g/mol. The lowest BCUT2D eigenvalue weighted by Gasteiger charge is -2.26. The van der Waals surface area contributed by atoms with E-state index in [0.717, 1.165) is 43.9 Å². The zero-order valence-electron chi connectivity index (χ0n) is 11.5. The molecule has 1 saturated carbocycles. The molecule has 1 aromatic rings. The maximum Gasteiger partial charge on any atom is 0.338 e. The van der Waals surface area contributed by atoms with Crippen molar-refractivity contribution in [2.75, 3.05) is 0 Å². The van der Waals surface area contributed by atoms with Gasteiger partial charge in [-0.25, -0.2) is 17.6 Å². The van der Waals surface area contributed by atoms with Gasteiger partial charge in [-0.3, -0.25) is 0 Å². The van der Waals surface area contributed by atoms with E-state index in [2.05, 4.69) is 6.92 Å². The zero-order valence-corrected chi connectivity index (χ0v) is 13.1. The van der Waals surface area contributed by atoms with Crippen LogP contribution in [0, 0.1) is 11.7 Å². The van der Waals surface area contributed by atoms with Gasteiger partial charge in [0.15, 0.2) is 0 Å². The summed E-state index contributed by atoms with van der Waals surface area (Å²) < 4.78 is 41.2. The van der Waals surface area contributed by atoms with E-state index in [0.29, 0.717) is 5.92 Å². The second-order valence-corrected chi connectivity index (χ2v) is 7.98. The first-order chi connectivity index (χ1) is 9.75. The smallest absolute Gasteiger partial charge is 0.338 e. The molecule has 4 nitrogen and oxygen atoms in total. The number of halogens is 2. The number of carbonyl (C=O) groups is 1. The van der Waals surface area contributed by atoms with Crippen LogP contribution in [0.5, 0.6) is 0 Å². The van der Waals surface area contributed by atoms with Gasteiger partial charge < -0.3 is 4.74 Å². The first-order valence-electron chi connectivity index (χ1n) is 6.72. The lowest BCUT2D eigenvalue weighted by Crippen LogP contribution is -2.24. The van der Waals surface area contributed by atoms with Gasteiger partial charge in [0.2, 0.25) is 0 Å². The molecule has 0 amide bonds. The SMILES string of the molecule is CC1CCCC(OC(=O)c2cc(F)cc(S(=O)(=O)Cl)c2)C1. The minimum Gasteiger partial charge on any atom is -0.459 e. The topological polar surface area (TPSA) is 60.4 Å². The van der Waals surface area contributed by atoms with Crippen molar-refractivity contribution in [3.8, 4) is 0 Å². The molecule has 0 radical (unpaired) electrons. The lowest BCUT2D eigenvalue weighted by atomic mass is 9.89. The van der Waals surface area contributed by atoms with Crippen LogP contribution in [0.4, 0.5) is 4.39 Å². The summed E-state index contributed by atoms with van der Waals surface area (Å²) in [7, 11) is 1.07. The highest BCUT2D eigenvalue weighted by molar-refractivity contribution is 8.13. The van der Waals surface area contributed by atoms with Crippen molar-refractivity contribution in [3.63, 3.8) is 0 Å². The highest BCUT2D eigenvalue weighted by atomic mass is 35.7. The molecule has 0 heterocycles. The van der Waals surface area contributed by atoms with Crippen LogP contribution in [-0.2, 0) is 13.8 Å². The number of esters is 1. The molecule has 0 aromatic heterocycles. The van der Waals surface area contributed by atoms with Crippen molar-refractivity contribution in [2.24, 2.45) is 5.92 Å². The molecule has 2 unspecified atom stereocenters. The van der Waals surface area contributed by atoms with Crippen molar-refractivity contribution in [1.29, 1.82) is 0 Å². The van der Waals surface area contributed by atoms with E-state index in [1.54, 1.807) is 0 Å². The second-order valence-electron chi connectivity index (χ2n) is 5.41. The van der Waals surface area contributed by atoms with Gasteiger partial charge in [0.1, 0.15) is 11.9 Å². The molecule has 0 bridgehead atoms. The van der Waals surface area contributed by atoms with Gasteiger partial charge >= 0.3 is 5.97 Å². The summed E-state index contributed by atoms with van der Waals surface area (Å²) in [6.07, 6.45) is 3.40. The van der Waals surface area contributed by atoms with Crippen molar-refractivity contribution < 1.29 is 22.3 Å². The van der Waals surface area contributed by atoms with Crippen LogP contribution in [-0.4, -0.2) is 20.5 Å². The standard InChI is InChI=1S/C14H16ClFO4S/c1-9-3-2-4-12(5-9)20-14(17)10-6-11(16)8-13(7-10)21(15,18)19/h6-9,12H,2-5H2,1H3. The number of ether oxygens (including phenoxy) is 1. The fourth-order valence-corrected chi connectivity index (χ4v) is 3.31. The maximum absolute atomic E-state index is 13.4. The summed E-state index contributed by atoms with van der Waals surface area (Å²) >= 11 is 0. The molecule has 21 heavy (non-hydrogen) atoms. The minimum atomic E-state index is -4.10. The maximum atomic E-state index is 13.4. The second kappa shape index (κ2) is 6.32. The van der Waals surface area contributed by atoms with Gasteiger partial charge in [0, 0.05) is 10.7 Å². The lowest BCUT2D eigenvalue weighted by molar-refractivity contribution is 0.0154. The predicted octanol–water partition coefficient (Wildman–Crippen LogP) is 3.49. The van der Waals surface area contributed by atoms with Crippen LogP contribution in [0.1, 0.15) is 43.0 Å². The first kappa shape index (κ1) is 16.2. The molecule has 0 saturated heterocycles. The fraction of sp³-hybridized carbons (Fsp3) is 0.500. The molecule has 1 aliphatic rings. The Hall–Kier alpha value is -1.14. The number of rotatable bonds is 3. The van der Waals surface area contributed by atoms with Crippen LogP contribution < -0.4 is 0 Å². The average molecular weight is 335 g/mol. The van der Waals surface area contributed by atoms with E-state index in [1.165, 1.54) is 0 Å². The predicted molar refractivity (Wildman–Crippen MR) is 76.3 cm³/mol. The monoisotopic (exact) mass is 334 g/mol. The molecule has 1 aliphatic carbocycles. The fourth-order valence-electron chi connectivity index (χ4n) is 2.53. The van der Waals surface area contributed by atoms with Crippen molar-refractivity contribution in [3.05, 3.63) is 29.6 Å². The molecule has 2 rings (SSSR count). The molecule has 0 spiro atoms. The molecule has 0 aliphatic heterocycles. The number of carbonyl (C=O) groups excluding carboxylic acids is 1. The molecule has 0 N–H and O–H groups in total. The zero-order chi connectivity index (χ0) is 15.6. The van der Waals surface area contributed by atoms with E-state index in [9.17, 15) is 17.6 Å². The average Bonchev–Trinajstić information content (AvgIpc) is 2.37. The molecule has 2 atom stereocenters.